The Kier molecular flexibility index (Phi) is 7.67. The second kappa shape index (κ2) is 10.3. The lowest BCUT2D eigenvalue weighted by atomic mass is 10.2. The van der Waals surface area contributed by atoms with Crippen molar-refractivity contribution < 1.29 is 22.7 Å². The van der Waals surface area contributed by atoms with Crippen LogP contribution in [0.15, 0.2) is 47.4 Å². The Labute approximate surface area is 194 Å². The van der Waals surface area contributed by atoms with Crippen molar-refractivity contribution in [3.05, 3.63) is 53.1 Å². The molecule has 0 spiro atoms. The van der Waals surface area contributed by atoms with Crippen molar-refractivity contribution in [3.63, 3.8) is 0 Å². The van der Waals surface area contributed by atoms with E-state index in [2.05, 4.69) is 15.7 Å². The van der Waals surface area contributed by atoms with Crippen LogP contribution >= 0.6 is 22.9 Å². The molecule has 0 aliphatic carbocycles. The van der Waals surface area contributed by atoms with Crippen LogP contribution in [0.25, 0.3) is 10.2 Å². The highest BCUT2D eigenvalue weighted by Crippen LogP contribution is 2.28. The van der Waals surface area contributed by atoms with Crippen molar-refractivity contribution >= 4 is 60.1 Å². The summed E-state index contributed by atoms with van der Waals surface area (Å²) in [7, 11) is -3.34. The van der Waals surface area contributed by atoms with Gasteiger partial charge in [0.05, 0.1) is 21.7 Å². The first-order valence-electron chi connectivity index (χ1n) is 9.43. The van der Waals surface area contributed by atoms with E-state index in [0.29, 0.717) is 21.8 Å². The van der Waals surface area contributed by atoms with Crippen molar-refractivity contribution in [2.75, 3.05) is 24.7 Å². The number of amides is 2. The molecule has 12 heteroatoms. The lowest BCUT2D eigenvalue weighted by Gasteiger charge is -2.22. The smallest absolute Gasteiger partial charge is 0.413 e. The minimum absolute atomic E-state index is 0.0515. The predicted octanol–water partition coefficient (Wildman–Crippen LogP) is 3.46. The Balaban J connectivity index is 1.52. The molecule has 9 nitrogen and oxygen atoms in total. The highest BCUT2D eigenvalue weighted by molar-refractivity contribution is 7.90. The number of rotatable bonds is 8. The van der Waals surface area contributed by atoms with Gasteiger partial charge in [0.1, 0.15) is 6.61 Å². The van der Waals surface area contributed by atoms with Gasteiger partial charge in [-0.3, -0.25) is 15.1 Å². The monoisotopic (exact) mass is 496 g/mol. The molecule has 2 N–H and O–H groups in total. The standard InChI is InChI=1S/C20H21ClN4O5S2/c1-13(26)25(22-12-14-5-3-4-6-16(14)21)9-10-30-20(27)24-19-23-17-8-7-15(32(2,28)29)11-18(17)31-19/h3-8,11,22H,9-10,12H2,1-2H3,(H,23,24,27). The molecule has 0 saturated heterocycles. The normalized spacial score (nSPS) is 11.3. The lowest BCUT2D eigenvalue weighted by Crippen LogP contribution is -2.43. The number of fused-ring (bicyclic) bond motifs is 1. The molecule has 2 aromatic carbocycles. The Morgan fingerprint density at radius 1 is 1.22 bits per heavy atom. The molecular weight excluding hydrogens is 476 g/mol. The van der Waals surface area contributed by atoms with Crippen LogP contribution in [0.3, 0.4) is 0 Å². The number of nitrogens with zero attached hydrogens (tertiary/aromatic N) is 2. The number of aromatic nitrogens is 1. The molecular formula is C20H21ClN4O5S2. The van der Waals surface area contributed by atoms with Gasteiger partial charge in [-0.2, -0.15) is 0 Å². The van der Waals surface area contributed by atoms with Gasteiger partial charge >= 0.3 is 6.09 Å². The molecule has 0 aliphatic heterocycles. The molecule has 170 valence electrons. The first kappa shape index (κ1) is 23.9. The highest BCUT2D eigenvalue weighted by Gasteiger charge is 2.14. The maximum absolute atomic E-state index is 12.1. The summed E-state index contributed by atoms with van der Waals surface area (Å²) in [6.07, 6.45) is 0.390. The van der Waals surface area contributed by atoms with E-state index < -0.39 is 15.9 Å². The van der Waals surface area contributed by atoms with Gasteiger partial charge in [0.2, 0.25) is 5.91 Å². The molecule has 0 saturated carbocycles. The number of carbonyl (C=O) groups excluding carboxylic acids is 2. The molecule has 0 aliphatic rings. The second-order valence-electron chi connectivity index (χ2n) is 6.78. The van der Waals surface area contributed by atoms with Crippen LogP contribution in [0.5, 0.6) is 0 Å². The zero-order valence-electron chi connectivity index (χ0n) is 17.3. The van der Waals surface area contributed by atoms with Crippen molar-refractivity contribution in [2.45, 2.75) is 18.4 Å². The van der Waals surface area contributed by atoms with Gasteiger partial charge in [-0.1, -0.05) is 41.1 Å². The number of hydrogen-bond donors (Lipinski definition) is 2. The summed E-state index contributed by atoms with van der Waals surface area (Å²) in [6.45, 7) is 1.81. The maximum atomic E-state index is 12.1. The van der Waals surface area contributed by atoms with Crippen LogP contribution in [-0.4, -0.2) is 49.8 Å². The lowest BCUT2D eigenvalue weighted by molar-refractivity contribution is -0.132. The summed E-state index contributed by atoms with van der Waals surface area (Å²) < 4.78 is 29.1. The molecule has 0 unspecified atom stereocenters. The third-order valence-corrected chi connectivity index (χ3v) is 6.76. The number of hydrazine groups is 1. The summed E-state index contributed by atoms with van der Waals surface area (Å²) in [5.74, 6) is -0.242. The van der Waals surface area contributed by atoms with E-state index in [0.717, 1.165) is 23.2 Å². The first-order valence-corrected chi connectivity index (χ1v) is 12.5. The molecule has 0 radical (unpaired) electrons. The SMILES string of the molecule is CC(=O)N(CCOC(=O)Nc1nc2ccc(S(C)(=O)=O)cc2s1)NCc1ccccc1Cl. The zero-order chi connectivity index (χ0) is 23.3. The predicted molar refractivity (Wildman–Crippen MR) is 123 cm³/mol. The summed E-state index contributed by atoms with van der Waals surface area (Å²) in [5, 5.41) is 4.70. The van der Waals surface area contributed by atoms with Gasteiger partial charge < -0.3 is 4.74 Å². The van der Waals surface area contributed by atoms with E-state index in [1.165, 1.54) is 24.1 Å². The van der Waals surface area contributed by atoms with Crippen molar-refractivity contribution in [1.29, 1.82) is 0 Å². The average molecular weight is 497 g/mol. The summed E-state index contributed by atoms with van der Waals surface area (Å²) in [5.41, 5.74) is 4.35. The van der Waals surface area contributed by atoms with Crippen molar-refractivity contribution in [3.8, 4) is 0 Å². The van der Waals surface area contributed by atoms with Crippen molar-refractivity contribution in [2.24, 2.45) is 0 Å². The zero-order valence-corrected chi connectivity index (χ0v) is 19.7. The van der Waals surface area contributed by atoms with E-state index >= 15 is 0 Å². The summed E-state index contributed by atoms with van der Waals surface area (Å²) in [4.78, 5) is 28.3. The number of carbonyl (C=O) groups is 2. The number of nitrogens with one attached hydrogen (secondary N) is 2. The topological polar surface area (TPSA) is 118 Å². The molecule has 1 aromatic heterocycles. The largest absolute Gasteiger partial charge is 0.447 e. The first-order chi connectivity index (χ1) is 15.1. The molecule has 3 rings (SSSR count). The quantitative estimate of drug-likeness (QED) is 0.458. The molecule has 1 heterocycles. The molecule has 0 bridgehead atoms. The van der Waals surface area contributed by atoms with Gasteiger partial charge in [-0.25, -0.2) is 23.6 Å². The Bertz CT molecular complexity index is 1250. The number of hydrogen-bond acceptors (Lipinski definition) is 8. The van der Waals surface area contributed by atoms with Gasteiger partial charge in [0, 0.05) is 24.7 Å². The van der Waals surface area contributed by atoms with Crippen molar-refractivity contribution in [1.82, 2.24) is 15.4 Å². The molecule has 2 amide bonds. The van der Waals surface area contributed by atoms with E-state index in [-0.39, 0.29) is 29.1 Å². The number of benzene rings is 2. The van der Waals surface area contributed by atoms with Gasteiger partial charge in [-0.05, 0) is 29.8 Å². The maximum Gasteiger partial charge on any atom is 0.413 e. The van der Waals surface area contributed by atoms with Gasteiger partial charge in [0.15, 0.2) is 15.0 Å². The molecule has 0 fully saturated rings. The van der Waals surface area contributed by atoms with E-state index in [1.807, 2.05) is 18.2 Å². The van der Waals surface area contributed by atoms with Gasteiger partial charge in [-0.15, -0.1) is 0 Å². The summed E-state index contributed by atoms with van der Waals surface area (Å²) >= 11 is 7.25. The van der Waals surface area contributed by atoms with Crippen LogP contribution < -0.4 is 10.7 Å². The Morgan fingerprint density at radius 3 is 2.66 bits per heavy atom. The number of ether oxygens (including phenoxy) is 1. The van der Waals surface area contributed by atoms with Crippen LogP contribution in [0, 0.1) is 0 Å². The number of anilines is 1. The average Bonchev–Trinajstić information content (AvgIpc) is 3.12. The van der Waals surface area contributed by atoms with Gasteiger partial charge in [0.25, 0.3) is 0 Å². The summed E-state index contributed by atoms with van der Waals surface area (Å²) in [6, 6.07) is 11.8. The molecule has 3 aromatic rings. The minimum atomic E-state index is -3.34. The Morgan fingerprint density at radius 2 is 1.97 bits per heavy atom. The third-order valence-electron chi connectivity index (χ3n) is 4.34. The fourth-order valence-corrected chi connectivity index (χ4v) is 4.53. The highest BCUT2D eigenvalue weighted by atomic mass is 35.5. The van der Waals surface area contributed by atoms with Crippen LogP contribution in [0.2, 0.25) is 5.02 Å². The number of sulfone groups is 1. The Hall–Kier alpha value is -2.73. The molecule has 0 atom stereocenters. The second-order valence-corrected chi connectivity index (χ2v) is 10.2. The number of halogens is 1. The van der Waals surface area contributed by atoms with Crippen LogP contribution in [0.1, 0.15) is 12.5 Å². The van der Waals surface area contributed by atoms with E-state index in [1.54, 1.807) is 12.1 Å². The van der Waals surface area contributed by atoms with E-state index in [4.69, 9.17) is 16.3 Å². The molecule has 32 heavy (non-hydrogen) atoms. The third kappa shape index (κ3) is 6.39. The van der Waals surface area contributed by atoms with E-state index in [9.17, 15) is 18.0 Å². The van der Waals surface area contributed by atoms with Crippen LogP contribution in [-0.2, 0) is 25.9 Å². The number of thiazole rings is 1. The fourth-order valence-electron chi connectivity index (χ4n) is 2.71. The fraction of sp³-hybridized carbons (Fsp3) is 0.250. The van der Waals surface area contributed by atoms with Crippen LogP contribution in [0.4, 0.5) is 9.93 Å². The minimum Gasteiger partial charge on any atom is -0.447 e.